The minimum Gasteiger partial charge on any atom is -0.486 e. The smallest absolute Gasteiger partial charge is 0.305 e. The Morgan fingerprint density at radius 2 is 1.62 bits per heavy atom. The highest BCUT2D eigenvalue weighted by Gasteiger charge is 2.17. The fraction of sp³-hybridized carbons (Fsp3) is 0.417. The summed E-state index contributed by atoms with van der Waals surface area (Å²) in [5.41, 5.74) is 2.32. The van der Waals surface area contributed by atoms with Crippen molar-refractivity contribution in [3.05, 3.63) is 65.7 Å². The van der Waals surface area contributed by atoms with E-state index in [0.717, 1.165) is 11.3 Å². The van der Waals surface area contributed by atoms with Crippen LogP contribution in [0.2, 0.25) is 0 Å². The lowest BCUT2D eigenvalue weighted by atomic mass is 9.87. The summed E-state index contributed by atoms with van der Waals surface area (Å²) in [6.07, 6.45) is 0.624. The van der Waals surface area contributed by atoms with Crippen molar-refractivity contribution in [2.75, 3.05) is 6.61 Å². The van der Waals surface area contributed by atoms with Crippen molar-refractivity contribution in [1.29, 1.82) is 0 Å². The average molecular weight is 398 g/mol. The zero-order chi connectivity index (χ0) is 21.3. The molecule has 0 amide bonds. The Morgan fingerprint density at radius 1 is 0.966 bits per heavy atom. The number of rotatable bonds is 10. The van der Waals surface area contributed by atoms with Crippen molar-refractivity contribution in [3.8, 4) is 5.75 Å². The van der Waals surface area contributed by atoms with Crippen molar-refractivity contribution in [2.24, 2.45) is 0 Å². The molecule has 1 unspecified atom stereocenters. The van der Waals surface area contributed by atoms with E-state index >= 15 is 0 Å². The van der Waals surface area contributed by atoms with Crippen LogP contribution in [0.3, 0.4) is 0 Å². The van der Waals surface area contributed by atoms with E-state index < -0.39 is 5.97 Å². The van der Waals surface area contributed by atoms with Gasteiger partial charge in [0.1, 0.15) is 11.9 Å². The summed E-state index contributed by atoms with van der Waals surface area (Å²) in [4.78, 5) is 22.3. The Balaban J connectivity index is 1.96. The second-order valence-electron chi connectivity index (χ2n) is 8.05. The molecule has 2 aromatic rings. The second-order valence-corrected chi connectivity index (χ2v) is 8.05. The molecule has 29 heavy (non-hydrogen) atoms. The molecule has 1 atom stereocenters. The molecule has 2 rings (SSSR count). The summed E-state index contributed by atoms with van der Waals surface area (Å²) < 4.78 is 11.5. The first kappa shape index (κ1) is 22.5. The molecule has 5 heteroatoms. The van der Waals surface area contributed by atoms with E-state index in [9.17, 15) is 9.59 Å². The molecule has 0 aliphatic carbocycles. The van der Waals surface area contributed by atoms with Crippen molar-refractivity contribution >= 4 is 11.9 Å². The molecule has 0 saturated heterocycles. The highest BCUT2D eigenvalue weighted by Crippen LogP contribution is 2.28. The van der Waals surface area contributed by atoms with Crippen LogP contribution in [0.1, 0.15) is 63.7 Å². The van der Waals surface area contributed by atoms with Crippen LogP contribution >= 0.6 is 0 Å². The van der Waals surface area contributed by atoms with E-state index in [-0.39, 0.29) is 43.4 Å². The van der Waals surface area contributed by atoms with Crippen LogP contribution in [0.4, 0.5) is 0 Å². The third-order valence-corrected chi connectivity index (χ3v) is 4.58. The highest BCUT2D eigenvalue weighted by molar-refractivity contribution is 5.71. The Kier molecular flexibility index (Phi) is 8.25. The summed E-state index contributed by atoms with van der Waals surface area (Å²) in [5, 5.41) is 8.63. The van der Waals surface area contributed by atoms with Crippen molar-refractivity contribution in [1.82, 2.24) is 0 Å². The lowest BCUT2D eigenvalue weighted by Crippen LogP contribution is -2.14. The molecule has 156 valence electrons. The predicted molar refractivity (Wildman–Crippen MR) is 112 cm³/mol. The van der Waals surface area contributed by atoms with Gasteiger partial charge in [0.25, 0.3) is 0 Å². The summed E-state index contributed by atoms with van der Waals surface area (Å²) >= 11 is 0. The van der Waals surface area contributed by atoms with Gasteiger partial charge in [-0.2, -0.15) is 0 Å². The van der Waals surface area contributed by atoms with Gasteiger partial charge in [-0.25, -0.2) is 0 Å². The molecule has 1 N–H and O–H groups in total. The third kappa shape index (κ3) is 7.98. The van der Waals surface area contributed by atoms with Gasteiger partial charge in [0, 0.05) is 19.3 Å². The second kappa shape index (κ2) is 10.6. The maximum Gasteiger partial charge on any atom is 0.305 e. The Morgan fingerprint density at radius 3 is 2.21 bits per heavy atom. The maximum atomic E-state index is 11.8. The first-order valence-corrected chi connectivity index (χ1v) is 9.95. The molecular weight excluding hydrogens is 368 g/mol. The Bertz CT molecular complexity index is 775. The topological polar surface area (TPSA) is 72.8 Å². The van der Waals surface area contributed by atoms with E-state index in [1.54, 1.807) is 0 Å². The zero-order valence-corrected chi connectivity index (χ0v) is 17.4. The molecule has 0 spiro atoms. The van der Waals surface area contributed by atoms with E-state index in [1.165, 1.54) is 5.56 Å². The minimum absolute atomic E-state index is 0.0323. The maximum absolute atomic E-state index is 11.8. The standard InChI is InChI=1S/C24H30O5/c1-24(2,3)19-12-14-20(15-13-19)29-21(18-8-5-4-6-9-18)16-17-28-23(27)11-7-10-22(25)26/h4-6,8-9,12-15,21H,7,10-11,16-17H2,1-3H3,(H,25,26). The van der Waals surface area contributed by atoms with Crippen molar-refractivity contribution < 1.29 is 24.2 Å². The van der Waals surface area contributed by atoms with Gasteiger partial charge < -0.3 is 14.6 Å². The van der Waals surface area contributed by atoms with E-state index in [2.05, 4.69) is 32.9 Å². The average Bonchev–Trinajstić information content (AvgIpc) is 2.67. The lowest BCUT2D eigenvalue weighted by molar-refractivity contribution is -0.144. The lowest BCUT2D eigenvalue weighted by Gasteiger charge is -2.22. The van der Waals surface area contributed by atoms with Crippen molar-refractivity contribution in [2.45, 2.75) is 58.0 Å². The SMILES string of the molecule is CC(C)(C)c1ccc(OC(CCOC(=O)CCCC(=O)O)c2ccccc2)cc1. The number of carboxylic acid groups (broad SMARTS) is 1. The zero-order valence-electron chi connectivity index (χ0n) is 17.4. The van der Waals surface area contributed by atoms with Crippen molar-refractivity contribution in [3.63, 3.8) is 0 Å². The molecule has 0 aliphatic rings. The van der Waals surface area contributed by atoms with Gasteiger partial charge in [-0.05, 0) is 35.1 Å². The molecule has 0 aliphatic heterocycles. The number of aliphatic carboxylic acids is 1. The first-order valence-electron chi connectivity index (χ1n) is 9.95. The van der Waals surface area contributed by atoms with Gasteiger partial charge >= 0.3 is 11.9 Å². The number of hydrogen-bond donors (Lipinski definition) is 1. The monoisotopic (exact) mass is 398 g/mol. The van der Waals surface area contributed by atoms with Crippen LogP contribution in [0, 0.1) is 0 Å². The molecule has 5 nitrogen and oxygen atoms in total. The number of carbonyl (C=O) groups is 2. The van der Waals surface area contributed by atoms with Crippen LogP contribution in [-0.4, -0.2) is 23.7 Å². The van der Waals surface area contributed by atoms with Gasteiger partial charge in [0.05, 0.1) is 6.61 Å². The molecule has 0 bridgehead atoms. The minimum atomic E-state index is -0.909. The number of benzene rings is 2. The Hall–Kier alpha value is -2.82. The summed E-state index contributed by atoms with van der Waals surface area (Å²) in [5.74, 6) is -0.528. The van der Waals surface area contributed by atoms with Crippen LogP contribution < -0.4 is 4.74 Å². The fourth-order valence-corrected chi connectivity index (χ4v) is 2.90. The van der Waals surface area contributed by atoms with E-state index in [0.29, 0.717) is 6.42 Å². The summed E-state index contributed by atoms with van der Waals surface area (Å²) in [7, 11) is 0. The molecule has 0 fully saturated rings. The molecule has 0 heterocycles. The van der Waals surface area contributed by atoms with Crippen LogP contribution in [0.25, 0.3) is 0 Å². The number of carboxylic acids is 1. The van der Waals surface area contributed by atoms with Gasteiger partial charge in [0.2, 0.25) is 0 Å². The van der Waals surface area contributed by atoms with Gasteiger partial charge in [0.15, 0.2) is 0 Å². The number of ether oxygens (including phenoxy) is 2. The van der Waals surface area contributed by atoms with Crippen LogP contribution in [0.15, 0.2) is 54.6 Å². The Labute approximate surface area is 172 Å². The van der Waals surface area contributed by atoms with Crippen LogP contribution in [0.5, 0.6) is 5.75 Å². The fourth-order valence-electron chi connectivity index (χ4n) is 2.90. The summed E-state index contributed by atoms with van der Waals surface area (Å²) in [6.45, 7) is 6.72. The normalized spacial score (nSPS) is 12.2. The third-order valence-electron chi connectivity index (χ3n) is 4.58. The quantitative estimate of drug-likeness (QED) is 0.550. The molecule has 2 aromatic carbocycles. The van der Waals surface area contributed by atoms with Gasteiger partial charge in [-0.3, -0.25) is 9.59 Å². The largest absolute Gasteiger partial charge is 0.486 e. The molecular formula is C24H30O5. The van der Waals surface area contributed by atoms with E-state index in [1.807, 2.05) is 42.5 Å². The number of carbonyl (C=O) groups excluding carboxylic acids is 1. The highest BCUT2D eigenvalue weighted by atomic mass is 16.5. The van der Waals surface area contributed by atoms with Gasteiger partial charge in [-0.15, -0.1) is 0 Å². The number of esters is 1. The predicted octanol–water partition coefficient (Wildman–Crippen LogP) is 5.29. The molecule has 0 saturated carbocycles. The number of hydrogen-bond acceptors (Lipinski definition) is 4. The van der Waals surface area contributed by atoms with Gasteiger partial charge in [-0.1, -0.05) is 63.2 Å². The first-order chi connectivity index (χ1) is 13.8. The van der Waals surface area contributed by atoms with Crippen LogP contribution in [-0.2, 0) is 19.7 Å². The summed E-state index contributed by atoms with van der Waals surface area (Å²) in [6, 6.07) is 17.9. The molecule has 0 radical (unpaired) electrons. The van der Waals surface area contributed by atoms with E-state index in [4.69, 9.17) is 14.6 Å². The molecule has 0 aromatic heterocycles.